The van der Waals surface area contributed by atoms with E-state index in [1.807, 2.05) is 59.5 Å². The third kappa shape index (κ3) is 4.10. The maximum atomic E-state index is 13.5. The minimum Gasteiger partial charge on any atom is -0.493 e. The summed E-state index contributed by atoms with van der Waals surface area (Å²) in [5.41, 5.74) is 3.54. The summed E-state index contributed by atoms with van der Waals surface area (Å²) in [4.78, 5) is 15.5. The Morgan fingerprint density at radius 2 is 1.67 bits per heavy atom. The molecule has 2 aromatic rings. The third-order valence-corrected chi connectivity index (χ3v) is 6.08. The minimum atomic E-state index is 0.0571. The molecule has 0 unspecified atom stereocenters. The lowest BCUT2D eigenvalue weighted by Gasteiger charge is -2.33. The first-order valence-corrected chi connectivity index (χ1v) is 10.7. The summed E-state index contributed by atoms with van der Waals surface area (Å²) in [6.07, 6.45) is 9.57. The molecular formula is C25H26ClNO3. The largest absolute Gasteiger partial charge is 0.493 e. The zero-order chi connectivity index (χ0) is 21.1. The van der Waals surface area contributed by atoms with E-state index in [0.29, 0.717) is 22.1 Å². The molecule has 1 fully saturated rings. The molecule has 1 aliphatic heterocycles. The topological polar surface area (TPSA) is 38.8 Å². The Hall–Kier alpha value is -2.72. The molecule has 2 aliphatic rings. The highest BCUT2D eigenvalue weighted by Crippen LogP contribution is 2.37. The fraction of sp³-hybridized carbons (Fsp3) is 0.320. The molecule has 0 bridgehead atoms. The van der Waals surface area contributed by atoms with Crippen molar-refractivity contribution in [2.45, 2.75) is 38.1 Å². The van der Waals surface area contributed by atoms with Crippen molar-refractivity contribution in [3.63, 3.8) is 0 Å². The molecule has 5 heteroatoms. The lowest BCUT2D eigenvalue weighted by Crippen LogP contribution is -2.37. The van der Waals surface area contributed by atoms with Gasteiger partial charge < -0.3 is 14.4 Å². The lowest BCUT2D eigenvalue weighted by molar-refractivity contribution is -0.125. The molecule has 1 amide bonds. The van der Waals surface area contributed by atoms with Gasteiger partial charge in [0.1, 0.15) is 0 Å². The van der Waals surface area contributed by atoms with E-state index in [1.54, 1.807) is 14.2 Å². The molecule has 0 aromatic heterocycles. The van der Waals surface area contributed by atoms with Crippen molar-refractivity contribution >= 4 is 29.3 Å². The Balaban J connectivity index is 1.73. The highest BCUT2D eigenvalue weighted by atomic mass is 35.5. The lowest BCUT2D eigenvalue weighted by atomic mass is 9.93. The van der Waals surface area contributed by atoms with Crippen LogP contribution in [0.1, 0.15) is 43.2 Å². The number of ether oxygens (including phenoxy) is 2. The van der Waals surface area contributed by atoms with Gasteiger partial charge in [-0.2, -0.15) is 0 Å². The molecule has 1 heterocycles. The Kier molecular flexibility index (Phi) is 6.14. The van der Waals surface area contributed by atoms with E-state index in [0.717, 1.165) is 42.5 Å². The number of benzene rings is 2. The monoisotopic (exact) mass is 423 g/mol. The molecule has 0 spiro atoms. The number of rotatable bonds is 5. The van der Waals surface area contributed by atoms with Crippen LogP contribution in [0.3, 0.4) is 0 Å². The first kappa shape index (κ1) is 20.5. The molecule has 2 aromatic carbocycles. The smallest absolute Gasteiger partial charge is 0.258 e. The predicted molar refractivity (Wildman–Crippen MR) is 121 cm³/mol. The van der Waals surface area contributed by atoms with Crippen LogP contribution in [0.4, 0.5) is 0 Å². The van der Waals surface area contributed by atoms with Crippen LogP contribution in [-0.4, -0.2) is 31.1 Å². The summed E-state index contributed by atoms with van der Waals surface area (Å²) in [5, 5.41) is 0.689. The number of hydrogen-bond acceptors (Lipinski definition) is 3. The van der Waals surface area contributed by atoms with Gasteiger partial charge in [-0.25, -0.2) is 0 Å². The van der Waals surface area contributed by atoms with Crippen molar-refractivity contribution < 1.29 is 14.3 Å². The zero-order valence-electron chi connectivity index (χ0n) is 17.4. The summed E-state index contributed by atoms with van der Waals surface area (Å²) in [7, 11) is 3.22. The molecule has 0 saturated heterocycles. The van der Waals surface area contributed by atoms with Crippen molar-refractivity contribution in [1.29, 1.82) is 0 Å². The molecule has 30 heavy (non-hydrogen) atoms. The second-order valence-electron chi connectivity index (χ2n) is 7.72. The standard InChI is InChI=1S/C25H26ClNO3/c1-29-23-13-8-17(15-24(23)30-2)14-19-16-22(18-9-11-20(26)12-10-18)27(25(19)28)21-6-4-3-5-7-21/h8-16,21H,3-7H2,1-2H3/b19-14-. The highest BCUT2D eigenvalue weighted by Gasteiger charge is 2.35. The maximum absolute atomic E-state index is 13.5. The van der Waals surface area contributed by atoms with Crippen LogP contribution in [0.5, 0.6) is 11.5 Å². The van der Waals surface area contributed by atoms with Gasteiger partial charge in [0.15, 0.2) is 11.5 Å². The quantitative estimate of drug-likeness (QED) is 0.557. The van der Waals surface area contributed by atoms with E-state index >= 15 is 0 Å². The number of carbonyl (C=O) groups is 1. The average molecular weight is 424 g/mol. The van der Waals surface area contributed by atoms with E-state index in [9.17, 15) is 4.79 Å². The second-order valence-corrected chi connectivity index (χ2v) is 8.15. The van der Waals surface area contributed by atoms with Gasteiger partial charge in [0.25, 0.3) is 5.91 Å². The zero-order valence-corrected chi connectivity index (χ0v) is 18.1. The van der Waals surface area contributed by atoms with Crippen LogP contribution in [0, 0.1) is 0 Å². The van der Waals surface area contributed by atoms with Crippen LogP contribution >= 0.6 is 11.6 Å². The van der Waals surface area contributed by atoms with E-state index in [1.165, 1.54) is 6.42 Å². The number of halogens is 1. The van der Waals surface area contributed by atoms with Gasteiger partial charge in [0.2, 0.25) is 0 Å². The average Bonchev–Trinajstić information content (AvgIpc) is 3.10. The Labute approximate surface area is 182 Å². The summed E-state index contributed by atoms with van der Waals surface area (Å²) < 4.78 is 10.7. The van der Waals surface area contributed by atoms with Gasteiger partial charge in [0, 0.05) is 16.6 Å². The fourth-order valence-electron chi connectivity index (χ4n) is 4.30. The van der Waals surface area contributed by atoms with Crippen LogP contribution in [-0.2, 0) is 4.79 Å². The van der Waals surface area contributed by atoms with Crippen LogP contribution < -0.4 is 9.47 Å². The fourth-order valence-corrected chi connectivity index (χ4v) is 4.42. The van der Waals surface area contributed by atoms with Gasteiger partial charge in [-0.3, -0.25) is 4.79 Å². The normalized spacial score (nSPS) is 18.6. The molecule has 0 N–H and O–H groups in total. The summed E-state index contributed by atoms with van der Waals surface area (Å²) in [5.74, 6) is 1.36. The molecule has 156 valence electrons. The van der Waals surface area contributed by atoms with Crippen LogP contribution in [0.25, 0.3) is 11.8 Å². The number of carbonyl (C=O) groups excluding carboxylic acids is 1. The molecule has 0 radical (unpaired) electrons. The molecule has 4 nitrogen and oxygen atoms in total. The summed E-state index contributed by atoms with van der Waals surface area (Å²) >= 11 is 6.09. The van der Waals surface area contributed by atoms with E-state index in [2.05, 4.69) is 0 Å². The van der Waals surface area contributed by atoms with Gasteiger partial charge in [-0.1, -0.05) is 49.1 Å². The van der Waals surface area contributed by atoms with Gasteiger partial charge in [0.05, 0.1) is 19.9 Å². The summed E-state index contributed by atoms with van der Waals surface area (Å²) in [6.45, 7) is 0. The summed E-state index contributed by atoms with van der Waals surface area (Å²) in [6, 6.07) is 13.6. The maximum Gasteiger partial charge on any atom is 0.258 e. The molecular weight excluding hydrogens is 398 g/mol. The van der Waals surface area contributed by atoms with Crippen molar-refractivity contribution in [2.75, 3.05) is 14.2 Å². The van der Waals surface area contributed by atoms with Crippen LogP contribution in [0.2, 0.25) is 5.02 Å². The van der Waals surface area contributed by atoms with Crippen molar-refractivity contribution in [2.24, 2.45) is 0 Å². The van der Waals surface area contributed by atoms with E-state index in [-0.39, 0.29) is 11.9 Å². The van der Waals surface area contributed by atoms with Crippen LogP contribution in [0.15, 0.2) is 54.1 Å². The van der Waals surface area contributed by atoms with Gasteiger partial charge in [-0.05, 0) is 60.4 Å². The first-order valence-electron chi connectivity index (χ1n) is 10.4. The predicted octanol–water partition coefficient (Wildman–Crippen LogP) is 5.96. The molecule has 1 aliphatic carbocycles. The van der Waals surface area contributed by atoms with Gasteiger partial charge >= 0.3 is 0 Å². The molecule has 0 atom stereocenters. The Morgan fingerprint density at radius 1 is 0.967 bits per heavy atom. The Bertz CT molecular complexity index is 988. The number of hydrogen-bond donors (Lipinski definition) is 0. The SMILES string of the molecule is COc1ccc(/C=C2/C=C(c3ccc(Cl)cc3)N(C3CCCCC3)C2=O)cc1OC. The van der Waals surface area contributed by atoms with Crippen molar-refractivity contribution in [3.8, 4) is 11.5 Å². The van der Waals surface area contributed by atoms with E-state index < -0.39 is 0 Å². The third-order valence-electron chi connectivity index (χ3n) is 5.83. The molecule has 4 rings (SSSR count). The number of nitrogens with zero attached hydrogens (tertiary/aromatic N) is 1. The Morgan fingerprint density at radius 3 is 2.33 bits per heavy atom. The van der Waals surface area contributed by atoms with Crippen molar-refractivity contribution in [1.82, 2.24) is 4.90 Å². The number of amides is 1. The van der Waals surface area contributed by atoms with E-state index in [4.69, 9.17) is 21.1 Å². The highest BCUT2D eigenvalue weighted by molar-refractivity contribution is 6.30. The number of methoxy groups -OCH3 is 2. The van der Waals surface area contributed by atoms with Crippen molar-refractivity contribution in [3.05, 3.63) is 70.3 Å². The first-order chi connectivity index (χ1) is 14.6. The second kappa shape index (κ2) is 8.97. The molecule has 1 saturated carbocycles. The minimum absolute atomic E-state index is 0.0571. The van der Waals surface area contributed by atoms with Gasteiger partial charge in [-0.15, -0.1) is 0 Å².